The Hall–Kier alpha value is -3.69. The van der Waals surface area contributed by atoms with Crippen LogP contribution in [-0.4, -0.2) is 46.3 Å². The van der Waals surface area contributed by atoms with Crippen LogP contribution in [0, 0.1) is 18.3 Å². The molecule has 1 unspecified atom stereocenters. The minimum absolute atomic E-state index is 0.261. The lowest BCUT2D eigenvalue weighted by molar-refractivity contribution is 0.299. The van der Waals surface area contributed by atoms with Crippen molar-refractivity contribution in [1.29, 1.82) is 5.26 Å². The molecule has 1 aliphatic rings. The second-order valence-electron chi connectivity index (χ2n) is 8.49. The first-order valence-corrected chi connectivity index (χ1v) is 11.0. The highest BCUT2D eigenvalue weighted by atomic mass is 15.4. The topological polar surface area (TPSA) is 60.5 Å². The van der Waals surface area contributed by atoms with Crippen LogP contribution >= 0.6 is 0 Å². The molecule has 0 bridgehead atoms. The predicted octanol–water partition coefficient (Wildman–Crippen LogP) is 4.73. The van der Waals surface area contributed by atoms with Crippen LogP contribution in [0.4, 0.5) is 5.82 Å². The number of nitriles is 1. The minimum atomic E-state index is 0.261. The van der Waals surface area contributed by atoms with Crippen molar-refractivity contribution in [1.82, 2.24) is 19.5 Å². The molecule has 1 aliphatic heterocycles. The molecular weight excluding hydrogens is 396 g/mol. The van der Waals surface area contributed by atoms with Crippen LogP contribution in [0.3, 0.4) is 0 Å². The van der Waals surface area contributed by atoms with Crippen molar-refractivity contribution >= 4 is 11.5 Å². The molecule has 2 aromatic heterocycles. The van der Waals surface area contributed by atoms with E-state index in [9.17, 15) is 5.26 Å². The van der Waals surface area contributed by atoms with Crippen LogP contribution in [0.25, 0.3) is 28.2 Å². The lowest BCUT2D eigenvalue weighted by Gasteiger charge is -2.33. The second kappa shape index (κ2) is 8.10. The number of rotatable bonds is 4. The van der Waals surface area contributed by atoms with Gasteiger partial charge in [0.25, 0.3) is 0 Å². The Balaban J connectivity index is 1.87. The zero-order valence-corrected chi connectivity index (χ0v) is 18.7. The van der Waals surface area contributed by atoms with Gasteiger partial charge in [0, 0.05) is 17.7 Å². The van der Waals surface area contributed by atoms with Crippen LogP contribution in [0.15, 0.2) is 60.7 Å². The van der Waals surface area contributed by atoms with Gasteiger partial charge in [0.15, 0.2) is 11.5 Å². The molecule has 0 spiro atoms. The lowest BCUT2D eigenvalue weighted by atomic mass is 9.97. The summed E-state index contributed by atoms with van der Waals surface area (Å²) in [5.74, 6) is 1.64. The number of nitrogens with zero attached hydrogens (tertiary/aromatic N) is 6. The van der Waals surface area contributed by atoms with Crippen molar-refractivity contribution in [3.8, 4) is 28.6 Å². The fourth-order valence-corrected chi connectivity index (χ4v) is 4.78. The average Bonchev–Trinajstić information content (AvgIpc) is 3.47. The normalized spacial score (nSPS) is 16.1. The molecule has 160 valence electrons. The van der Waals surface area contributed by atoms with Crippen LogP contribution in [-0.2, 0) is 0 Å². The molecule has 5 rings (SSSR count). The maximum Gasteiger partial charge on any atom is 0.182 e. The fraction of sp³-hybridized carbons (Fsp3) is 0.269. The molecule has 4 aromatic rings. The Morgan fingerprint density at radius 1 is 1.00 bits per heavy atom. The van der Waals surface area contributed by atoms with Crippen molar-refractivity contribution in [3.05, 3.63) is 71.8 Å². The van der Waals surface area contributed by atoms with Crippen molar-refractivity contribution < 1.29 is 0 Å². The quantitative estimate of drug-likeness (QED) is 0.476. The molecule has 1 saturated heterocycles. The standard InChI is InChI=1S/C26H26N6/c1-18-21(17-27)25-28-24(20-13-8-5-9-14-20)29-32(25)26(23(18)19-11-6-4-7-12-19)31-16-10-15-22(31)30(2)3/h4-9,11-14,22H,10,15-16H2,1-3H3. The summed E-state index contributed by atoms with van der Waals surface area (Å²) in [5, 5.41) is 15.1. The van der Waals surface area contributed by atoms with Gasteiger partial charge in [-0.05, 0) is 45.0 Å². The van der Waals surface area contributed by atoms with Gasteiger partial charge in [0.1, 0.15) is 17.5 Å². The number of benzene rings is 2. The summed E-state index contributed by atoms with van der Waals surface area (Å²) in [6, 6.07) is 22.7. The summed E-state index contributed by atoms with van der Waals surface area (Å²) in [6.45, 7) is 2.96. The summed E-state index contributed by atoms with van der Waals surface area (Å²) >= 11 is 0. The van der Waals surface area contributed by atoms with Gasteiger partial charge in [-0.1, -0.05) is 60.7 Å². The highest BCUT2D eigenvalue weighted by Gasteiger charge is 2.33. The van der Waals surface area contributed by atoms with Crippen molar-refractivity contribution in [3.63, 3.8) is 0 Å². The molecule has 1 atom stereocenters. The first-order chi connectivity index (χ1) is 15.6. The van der Waals surface area contributed by atoms with E-state index in [-0.39, 0.29) is 6.17 Å². The van der Waals surface area contributed by atoms with Crippen LogP contribution < -0.4 is 4.90 Å². The van der Waals surface area contributed by atoms with Crippen molar-refractivity contribution in [2.24, 2.45) is 0 Å². The molecule has 0 saturated carbocycles. The zero-order valence-electron chi connectivity index (χ0n) is 18.7. The largest absolute Gasteiger partial charge is 0.340 e. The van der Waals surface area contributed by atoms with Crippen molar-refractivity contribution in [2.75, 3.05) is 25.5 Å². The Kier molecular flexibility index (Phi) is 5.12. The molecule has 6 nitrogen and oxygen atoms in total. The lowest BCUT2D eigenvalue weighted by Crippen LogP contribution is -2.41. The van der Waals surface area contributed by atoms with E-state index in [1.165, 1.54) is 0 Å². The smallest absolute Gasteiger partial charge is 0.182 e. The van der Waals surface area contributed by atoms with Gasteiger partial charge >= 0.3 is 0 Å². The highest BCUT2D eigenvalue weighted by molar-refractivity contribution is 5.85. The molecular formula is C26H26N6. The third-order valence-electron chi connectivity index (χ3n) is 6.30. The maximum absolute atomic E-state index is 10.1. The van der Waals surface area contributed by atoms with Gasteiger partial charge in [0.2, 0.25) is 0 Å². The van der Waals surface area contributed by atoms with E-state index >= 15 is 0 Å². The molecule has 1 fully saturated rings. The van der Waals surface area contributed by atoms with Gasteiger partial charge in [-0.15, -0.1) is 5.10 Å². The van der Waals surface area contributed by atoms with Crippen LogP contribution in [0.2, 0.25) is 0 Å². The molecule has 0 N–H and O–H groups in total. The van der Waals surface area contributed by atoms with E-state index in [0.29, 0.717) is 17.0 Å². The SMILES string of the molecule is Cc1c(-c2ccccc2)c(N2CCCC2N(C)C)n2nc(-c3ccccc3)nc2c1C#N. The molecule has 0 radical (unpaired) electrons. The Morgan fingerprint density at radius 3 is 2.28 bits per heavy atom. The van der Waals surface area contributed by atoms with E-state index in [0.717, 1.165) is 47.5 Å². The molecule has 3 heterocycles. The Labute approximate surface area is 188 Å². The molecule has 0 aliphatic carbocycles. The second-order valence-corrected chi connectivity index (χ2v) is 8.49. The molecule has 32 heavy (non-hydrogen) atoms. The van der Waals surface area contributed by atoms with Crippen LogP contribution in [0.1, 0.15) is 24.0 Å². The number of fused-ring (bicyclic) bond motifs is 1. The third-order valence-corrected chi connectivity index (χ3v) is 6.30. The predicted molar refractivity (Wildman–Crippen MR) is 127 cm³/mol. The Morgan fingerprint density at radius 2 is 1.66 bits per heavy atom. The first kappa shape index (κ1) is 20.2. The van der Waals surface area contributed by atoms with E-state index in [1.807, 2.05) is 60.0 Å². The number of pyridine rings is 1. The van der Waals surface area contributed by atoms with Gasteiger partial charge in [-0.25, -0.2) is 4.98 Å². The van der Waals surface area contributed by atoms with Crippen molar-refractivity contribution in [2.45, 2.75) is 25.9 Å². The minimum Gasteiger partial charge on any atom is -0.340 e. The first-order valence-electron chi connectivity index (χ1n) is 11.0. The summed E-state index contributed by atoms with van der Waals surface area (Å²) < 4.78 is 1.90. The number of hydrogen-bond donors (Lipinski definition) is 0. The van der Waals surface area contributed by atoms with Gasteiger partial charge in [-0.2, -0.15) is 9.78 Å². The number of aromatic nitrogens is 3. The highest BCUT2D eigenvalue weighted by Crippen LogP contribution is 2.40. The van der Waals surface area contributed by atoms with Gasteiger partial charge in [0.05, 0.1) is 6.17 Å². The van der Waals surface area contributed by atoms with Gasteiger partial charge < -0.3 is 4.90 Å². The monoisotopic (exact) mass is 422 g/mol. The number of hydrogen-bond acceptors (Lipinski definition) is 5. The van der Waals surface area contributed by atoms with E-state index < -0.39 is 0 Å². The molecule has 2 aromatic carbocycles. The summed E-state index contributed by atoms with van der Waals surface area (Å²) in [5.41, 5.74) is 5.20. The summed E-state index contributed by atoms with van der Waals surface area (Å²) in [4.78, 5) is 9.52. The summed E-state index contributed by atoms with van der Waals surface area (Å²) in [7, 11) is 4.24. The van der Waals surface area contributed by atoms with Gasteiger partial charge in [-0.3, -0.25) is 4.90 Å². The Bertz CT molecular complexity index is 1300. The maximum atomic E-state index is 10.1. The number of anilines is 1. The van der Waals surface area contributed by atoms with Crippen LogP contribution in [0.5, 0.6) is 0 Å². The third kappa shape index (κ3) is 3.22. The molecule has 0 amide bonds. The molecule has 6 heteroatoms. The fourth-order valence-electron chi connectivity index (χ4n) is 4.78. The average molecular weight is 423 g/mol. The van der Waals surface area contributed by atoms with E-state index in [2.05, 4.69) is 42.1 Å². The van der Waals surface area contributed by atoms with E-state index in [4.69, 9.17) is 10.1 Å². The summed E-state index contributed by atoms with van der Waals surface area (Å²) in [6.07, 6.45) is 2.46. The zero-order chi connectivity index (χ0) is 22.2. The van der Waals surface area contributed by atoms with E-state index in [1.54, 1.807) is 0 Å².